The lowest BCUT2D eigenvalue weighted by Crippen LogP contribution is -2.02. The van der Waals surface area contributed by atoms with Crippen molar-refractivity contribution in [2.24, 2.45) is 0 Å². The van der Waals surface area contributed by atoms with Crippen LogP contribution in [0.4, 0.5) is 5.82 Å². The van der Waals surface area contributed by atoms with Gasteiger partial charge in [-0.15, -0.1) is 0 Å². The fraction of sp³-hybridized carbons (Fsp3) is 0.267. The molecule has 0 aliphatic carbocycles. The van der Waals surface area contributed by atoms with E-state index >= 15 is 0 Å². The molecule has 0 radical (unpaired) electrons. The number of nitrogens with zero attached hydrogens (tertiary/aromatic N) is 1. The van der Waals surface area contributed by atoms with Crippen LogP contribution in [0, 0.1) is 3.57 Å². The molecule has 4 heteroatoms. The molecule has 1 heterocycles. The largest absolute Gasteiger partial charge is 0.489 e. The second-order valence-electron chi connectivity index (χ2n) is 4.22. The Bertz CT molecular complexity index is 497. The maximum Gasteiger partial charge on any atom is 0.125 e. The lowest BCUT2D eigenvalue weighted by atomic mass is 10.3. The first-order valence-electron chi connectivity index (χ1n) is 6.35. The number of aromatic nitrogens is 1. The van der Waals surface area contributed by atoms with Crippen molar-refractivity contribution in [2.75, 3.05) is 11.9 Å². The summed E-state index contributed by atoms with van der Waals surface area (Å²) in [7, 11) is 0. The van der Waals surface area contributed by atoms with Crippen LogP contribution < -0.4 is 10.1 Å². The lowest BCUT2D eigenvalue weighted by molar-refractivity contribution is 0.306. The molecule has 0 saturated heterocycles. The SMILES string of the molecule is CCCNc1ccc(COc2ccc(I)cc2)cn1. The van der Waals surface area contributed by atoms with Crippen molar-refractivity contribution < 1.29 is 4.74 Å². The van der Waals surface area contributed by atoms with Gasteiger partial charge >= 0.3 is 0 Å². The number of rotatable bonds is 6. The summed E-state index contributed by atoms with van der Waals surface area (Å²) in [5, 5.41) is 3.25. The van der Waals surface area contributed by atoms with Gasteiger partial charge in [-0.25, -0.2) is 4.98 Å². The molecule has 1 N–H and O–H groups in total. The summed E-state index contributed by atoms with van der Waals surface area (Å²) in [6, 6.07) is 12.1. The van der Waals surface area contributed by atoms with Crippen LogP contribution in [-0.2, 0) is 6.61 Å². The number of nitrogens with one attached hydrogen (secondary N) is 1. The normalized spacial score (nSPS) is 10.2. The molecule has 1 aromatic heterocycles. The van der Waals surface area contributed by atoms with E-state index in [4.69, 9.17) is 4.74 Å². The summed E-state index contributed by atoms with van der Waals surface area (Å²) >= 11 is 2.28. The van der Waals surface area contributed by atoms with E-state index in [1.807, 2.05) is 42.6 Å². The molecule has 3 nitrogen and oxygen atoms in total. The zero-order valence-electron chi connectivity index (χ0n) is 10.9. The minimum Gasteiger partial charge on any atom is -0.489 e. The molecule has 0 unspecified atom stereocenters. The van der Waals surface area contributed by atoms with Crippen LogP contribution >= 0.6 is 22.6 Å². The zero-order valence-corrected chi connectivity index (χ0v) is 13.1. The number of hydrogen-bond acceptors (Lipinski definition) is 3. The first-order valence-corrected chi connectivity index (χ1v) is 7.43. The molecule has 2 rings (SSSR count). The van der Waals surface area contributed by atoms with Crippen molar-refractivity contribution in [1.82, 2.24) is 4.98 Å². The molecule has 0 aliphatic heterocycles. The average Bonchev–Trinajstić information content (AvgIpc) is 2.46. The van der Waals surface area contributed by atoms with Crippen molar-refractivity contribution in [3.05, 3.63) is 51.7 Å². The lowest BCUT2D eigenvalue weighted by Gasteiger charge is -2.07. The zero-order chi connectivity index (χ0) is 13.5. The first kappa shape index (κ1) is 14.1. The number of pyridine rings is 1. The highest BCUT2D eigenvalue weighted by Gasteiger charge is 1.98. The van der Waals surface area contributed by atoms with E-state index in [-0.39, 0.29) is 0 Å². The van der Waals surface area contributed by atoms with Gasteiger partial charge in [0.2, 0.25) is 0 Å². The van der Waals surface area contributed by atoms with Crippen LogP contribution in [0.2, 0.25) is 0 Å². The Kier molecular flexibility index (Phi) is 5.44. The van der Waals surface area contributed by atoms with Crippen molar-refractivity contribution in [2.45, 2.75) is 20.0 Å². The fourth-order valence-electron chi connectivity index (χ4n) is 1.57. The third-order valence-electron chi connectivity index (χ3n) is 2.60. The van der Waals surface area contributed by atoms with Crippen LogP contribution in [-0.4, -0.2) is 11.5 Å². The molecule has 0 saturated carbocycles. The van der Waals surface area contributed by atoms with Crippen molar-refractivity contribution in [1.29, 1.82) is 0 Å². The van der Waals surface area contributed by atoms with Crippen molar-refractivity contribution in [3.8, 4) is 5.75 Å². The van der Waals surface area contributed by atoms with Crippen LogP contribution in [0.15, 0.2) is 42.6 Å². The molecule has 0 atom stereocenters. The van der Waals surface area contributed by atoms with Gasteiger partial charge in [-0.05, 0) is 59.3 Å². The number of anilines is 1. The third kappa shape index (κ3) is 4.70. The fourth-order valence-corrected chi connectivity index (χ4v) is 1.92. The van der Waals surface area contributed by atoms with E-state index in [0.29, 0.717) is 6.61 Å². The highest BCUT2D eigenvalue weighted by atomic mass is 127. The summed E-state index contributed by atoms with van der Waals surface area (Å²) in [6.07, 6.45) is 2.95. The molecular weight excluding hydrogens is 351 g/mol. The highest BCUT2D eigenvalue weighted by Crippen LogP contribution is 2.15. The minimum atomic E-state index is 0.543. The summed E-state index contributed by atoms with van der Waals surface area (Å²) in [5.41, 5.74) is 1.07. The molecule has 100 valence electrons. The maximum absolute atomic E-state index is 5.70. The number of hydrogen-bond donors (Lipinski definition) is 1. The van der Waals surface area contributed by atoms with Gasteiger partial charge in [0.1, 0.15) is 18.2 Å². The molecule has 2 aromatic rings. The Morgan fingerprint density at radius 1 is 1.16 bits per heavy atom. The first-order chi connectivity index (χ1) is 9.28. The quantitative estimate of drug-likeness (QED) is 0.780. The van der Waals surface area contributed by atoms with Crippen molar-refractivity contribution in [3.63, 3.8) is 0 Å². The van der Waals surface area contributed by atoms with Gasteiger partial charge in [0.15, 0.2) is 0 Å². The van der Waals surface area contributed by atoms with Gasteiger partial charge in [-0.1, -0.05) is 13.0 Å². The molecular formula is C15H17IN2O. The Labute approximate surface area is 127 Å². The number of ether oxygens (including phenoxy) is 1. The molecule has 0 bridgehead atoms. The van der Waals surface area contributed by atoms with Crippen molar-refractivity contribution >= 4 is 28.4 Å². The minimum absolute atomic E-state index is 0.543. The van der Waals surface area contributed by atoms with E-state index in [0.717, 1.165) is 30.1 Å². The van der Waals surface area contributed by atoms with Crippen LogP contribution in [0.5, 0.6) is 5.75 Å². The Morgan fingerprint density at radius 2 is 1.95 bits per heavy atom. The van der Waals surface area contributed by atoms with E-state index in [1.165, 1.54) is 3.57 Å². The van der Waals surface area contributed by atoms with Crippen LogP contribution in [0.1, 0.15) is 18.9 Å². The molecule has 1 aromatic carbocycles. The van der Waals surface area contributed by atoms with Gasteiger partial charge in [0, 0.05) is 21.9 Å². The average molecular weight is 368 g/mol. The highest BCUT2D eigenvalue weighted by molar-refractivity contribution is 14.1. The number of benzene rings is 1. The van der Waals surface area contributed by atoms with E-state index in [9.17, 15) is 0 Å². The second kappa shape index (κ2) is 7.33. The van der Waals surface area contributed by atoms with Crippen LogP contribution in [0.3, 0.4) is 0 Å². The third-order valence-corrected chi connectivity index (χ3v) is 3.32. The predicted octanol–water partition coefficient (Wildman–Crippen LogP) is 4.09. The van der Waals surface area contributed by atoms with Gasteiger partial charge in [-0.3, -0.25) is 0 Å². The molecule has 0 amide bonds. The van der Waals surface area contributed by atoms with Crippen LogP contribution in [0.25, 0.3) is 0 Å². The monoisotopic (exact) mass is 368 g/mol. The van der Waals surface area contributed by atoms with E-state index < -0.39 is 0 Å². The molecule has 0 spiro atoms. The Morgan fingerprint density at radius 3 is 2.58 bits per heavy atom. The molecule has 0 fully saturated rings. The summed E-state index contributed by atoms with van der Waals surface area (Å²) in [6.45, 7) is 3.63. The van der Waals surface area contributed by atoms with Gasteiger partial charge in [0.25, 0.3) is 0 Å². The molecule has 19 heavy (non-hydrogen) atoms. The topological polar surface area (TPSA) is 34.1 Å². The summed E-state index contributed by atoms with van der Waals surface area (Å²) in [4.78, 5) is 4.35. The standard InChI is InChI=1S/C15H17IN2O/c1-2-9-17-15-8-3-12(10-18-15)11-19-14-6-4-13(16)5-7-14/h3-8,10H,2,9,11H2,1H3,(H,17,18). The van der Waals surface area contributed by atoms with Gasteiger partial charge in [0.05, 0.1) is 0 Å². The van der Waals surface area contributed by atoms with Gasteiger partial charge in [-0.2, -0.15) is 0 Å². The van der Waals surface area contributed by atoms with E-state index in [1.54, 1.807) is 0 Å². The summed E-state index contributed by atoms with van der Waals surface area (Å²) < 4.78 is 6.91. The van der Waals surface area contributed by atoms with E-state index in [2.05, 4.69) is 39.8 Å². The predicted molar refractivity (Wildman–Crippen MR) is 86.5 cm³/mol. The maximum atomic E-state index is 5.70. The van der Waals surface area contributed by atoms with Gasteiger partial charge < -0.3 is 10.1 Å². The smallest absolute Gasteiger partial charge is 0.125 e. The Hall–Kier alpha value is -1.30. The Balaban J connectivity index is 1.87. The molecule has 0 aliphatic rings. The summed E-state index contributed by atoms with van der Waals surface area (Å²) in [5.74, 6) is 1.80. The number of halogens is 1. The second-order valence-corrected chi connectivity index (χ2v) is 5.47.